The summed E-state index contributed by atoms with van der Waals surface area (Å²) in [6.07, 6.45) is 3.82. The lowest BCUT2D eigenvalue weighted by Crippen LogP contribution is -2.42. The number of carbonyl (C=O) groups is 1. The molecule has 0 bridgehead atoms. The second-order valence-electron chi connectivity index (χ2n) is 7.52. The molecule has 0 radical (unpaired) electrons. The predicted molar refractivity (Wildman–Crippen MR) is 127 cm³/mol. The van der Waals surface area contributed by atoms with Crippen LogP contribution in [0.15, 0.2) is 42.7 Å². The fraction of sp³-hybridized carbons (Fsp3) is 0.364. The summed E-state index contributed by atoms with van der Waals surface area (Å²) in [5, 5.41) is 6.72. The summed E-state index contributed by atoms with van der Waals surface area (Å²) in [6, 6.07) is 9.84. The molecule has 3 aromatic rings. The van der Waals surface area contributed by atoms with Crippen molar-refractivity contribution in [2.45, 2.75) is 12.5 Å². The van der Waals surface area contributed by atoms with E-state index in [4.69, 9.17) is 9.72 Å². The quantitative estimate of drug-likeness (QED) is 0.604. The van der Waals surface area contributed by atoms with Gasteiger partial charge in [-0.15, -0.1) is 0 Å². The van der Waals surface area contributed by atoms with Crippen LogP contribution in [0.3, 0.4) is 0 Å². The maximum Gasteiger partial charge on any atom is 0.226 e. The van der Waals surface area contributed by atoms with Crippen LogP contribution in [0.4, 0.5) is 5.82 Å². The molecule has 3 heterocycles. The van der Waals surface area contributed by atoms with Crippen LogP contribution in [0.2, 0.25) is 0 Å². The van der Waals surface area contributed by atoms with Gasteiger partial charge in [-0.05, 0) is 11.6 Å². The normalized spacial score (nSPS) is 15.9. The molecule has 0 saturated carbocycles. The van der Waals surface area contributed by atoms with E-state index in [-0.39, 0.29) is 25.5 Å². The van der Waals surface area contributed by atoms with E-state index in [1.807, 2.05) is 30.3 Å². The van der Waals surface area contributed by atoms with Gasteiger partial charge in [0.05, 0.1) is 30.3 Å². The zero-order chi connectivity index (χ0) is 20.9. The van der Waals surface area contributed by atoms with Gasteiger partial charge < -0.3 is 20.3 Å². The molecule has 8 nitrogen and oxygen atoms in total. The van der Waals surface area contributed by atoms with Gasteiger partial charge in [-0.1, -0.05) is 24.3 Å². The van der Waals surface area contributed by atoms with Gasteiger partial charge in [0.15, 0.2) is 5.82 Å². The number of amides is 1. The molecule has 0 aliphatic carbocycles. The Labute approximate surface area is 188 Å². The number of hydrogen-bond donors (Lipinski definition) is 2. The van der Waals surface area contributed by atoms with Crippen molar-refractivity contribution in [3.63, 3.8) is 0 Å². The number of fused-ring (bicyclic) bond motifs is 1. The van der Waals surface area contributed by atoms with Gasteiger partial charge in [0.1, 0.15) is 5.52 Å². The SMILES string of the molecule is CN(C)C(=O)Cc1ccc(-c2cc3nccnc3c(NC[C@@H]3CNCCO3)n2)cc1.S. The third-order valence-corrected chi connectivity index (χ3v) is 5.06. The van der Waals surface area contributed by atoms with E-state index < -0.39 is 0 Å². The lowest BCUT2D eigenvalue weighted by molar-refractivity contribution is -0.127. The smallest absolute Gasteiger partial charge is 0.226 e. The zero-order valence-corrected chi connectivity index (χ0v) is 18.8. The number of nitrogens with one attached hydrogen (secondary N) is 2. The highest BCUT2D eigenvalue weighted by Crippen LogP contribution is 2.26. The minimum Gasteiger partial charge on any atom is -0.374 e. The van der Waals surface area contributed by atoms with E-state index in [1.165, 1.54) is 0 Å². The Kier molecular flexibility index (Phi) is 7.78. The lowest BCUT2D eigenvalue weighted by Gasteiger charge is -2.24. The largest absolute Gasteiger partial charge is 0.374 e. The van der Waals surface area contributed by atoms with Crippen LogP contribution < -0.4 is 10.6 Å². The van der Waals surface area contributed by atoms with Crippen LogP contribution in [0, 0.1) is 0 Å². The third-order valence-electron chi connectivity index (χ3n) is 5.06. The van der Waals surface area contributed by atoms with Crippen molar-refractivity contribution in [3.05, 3.63) is 48.3 Å². The van der Waals surface area contributed by atoms with E-state index in [0.717, 1.165) is 40.9 Å². The topological polar surface area (TPSA) is 92.3 Å². The second-order valence-corrected chi connectivity index (χ2v) is 7.52. The van der Waals surface area contributed by atoms with E-state index in [2.05, 4.69) is 20.6 Å². The van der Waals surface area contributed by atoms with Gasteiger partial charge >= 0.3 is 0 Å². The van der Waals surface area contributed by atoms with Crippen molar-refractivity contribution in [1.29, 1.82) is 0 Å². The van der Waals surface area contributed by atoms with Crippen molar-refractivity contribution in [2.24, 2.45) is 0 Å². The molecule has 1 saturated heterocycles. The molecule has 1 atom stereocenters. The third kappa shape index (κ3) is 5.69. The van der Waals surface area contributed by atoms with Gasteiger partial charge in [0.2, 0.25) is 5.91 Å². The Morgan fingerprint density at radius 1 is 1.23 bits per heavy atom. The summed E-state index contributed by atoms with van der Waals surface area (Å²) in [6.45, 7) is 3.04. The van der Waals surface area contributed by atoms with Crippen LogP contribution >= 0.6 is 13.5 Å². The summed E-state index contributed by atoms with van der Waals surface area (Å²) in [4.78, 5) is 27.3. The summed E-state index contributed by atoms with van der Waals surface area (Å²) < 4.78 is 5.77. The maximum atomic E-state index is 11.9. The maximum absolute atomic E-state index is 11.9. The first-order chi connectivity index (χ1) is 14.6. The highest BCUT2D eigenvalue weighted by molar-refractivity contribution is 7.59. The van der Waals surface area contributed by atoms with Gasteiger partial charge in [-0.2, -0.15) is 13.5 Å². The molecule has 0 spiro atoms. The Hall–Kier alpha value is -2.75. The number of morpholine rings is 1. The molecular weight excluding hydrogens is 412 g/mol. The molecule has 4 rings (SSSR count). The molecule has 1 amide bonds. The van der Waals surface area contributed by atoms with Gasteiger partial charge in [0, 0.05) is 51.7 Å². The zero-order valence-electron chi connectivity index (χ0n) is 17.8. The van der Waals surface area contributed by atoms with E-state index >= 15 is 0 Å². The first-order valence-electron chi connectivity index (χ1n) is 10.1. The fourth-order valence-electron chi connectivity index (χ4n) is 3.33. The second kappa shape index (κ2) is 10.5. The first kappa shape index (κ1) is 22.9. The van der Waals surface area contributed by atoms with Gasteiger partial charge in [0.25, 0.3) is 0 Å². The molecule has 1 fully saturated rings. The molecular formula is C22H28N6O2S. The monoisotopic (exact) mass is 440 g/mol. The first-order valence-corrected chi connectivity index (χ1v) is 10.1. The van der Waals surface area contributed by atoms with Crippen LogP contribution in [-0.2, 0) is 16.0 Å². The number of aromatic nitrogens is 3. The van der Waals surface area contributed by atoms with Crippen molar-refractivity contribution in [2.75, 3.05) is 45.7 Å². The highest BCUT2D eigenvalue weighted by Gasteiger charge is 2.15. The van der Waals surface area contributed by atoms with Crippen molar-refractivity contribution in [1.82, 2.24) is 25.2 Å². The molecule has 2 aromatic heterocycles. The molecule has 31 heavy (non-hydrogen) atoms. The number of hydrogen-bond acceptors (Lipinski definition) is 7. The molecule has 2 N–H and O–H groups in total. The summed E-state index contributed by atoms with van der Waals surface area (Å²) in [5.41, 5.74) is 4.25. The standard InChI is InChI=1S/C22H26N6O2.H2S/c1-28(2)20(29)11-15-3-5-16(6-4-15)18-12-19-21(25-8-7-24-19)22(27-18)26-14-17-13-23-9-10-30-17;/h3-8,12,17,23H,9-11,13-14H2,1-2H3,(H,26,27);1H2/t17-;/m0./s1. The van der Waals surface area contributed by atoms with Crippen molar-refractivity contribution >= 4 is 36.3 Å². The van der Waals surface area contributed by atoms with E-state index in [1.54, 1.807) is 31.4 Å². The number of benzene rings is 1. The average molecular weight is 441 g/mol. The Morgan fingerprint density at radius 2 is 2.00 bits per heavy atom. The number of nitrogens with zero attached hydrogens (tertiary/aromatic N) is 4. The summed E-state index contributed by atoms with van der Waals surface area (Å²) in [7, 11) is 3.53. The lowest BCUT2D eigenvalue weighted by atomic mass is 10.1. The fourth-order valence-corrected chi connectivity index (χ4v) is 3.33. The van der Waals surface area contributed by atoms with Crippen molar-refractivity contribution in [3.8, 4) is 11.3 Å². The summed E-state index contributed by atoms with van der Waals surface area (Å²) in [5.74, 6) is 0.768. The minimum absolute atomic E-state index is 0. The Morgan fingerprint density at radius 3 is 2.71 bits per heavy atom. The number of ether oxygens (including phenoxy) is 1. The molecule has 9 heteroatoms. The van der Waals surface area contributed by atoms with Crippen LogP contribution in [0.25, 0.3) is 22.3 Å². The average Bonchev–Trinajstić information content (AvgIpc) is 2.78. The predicted octanol–water partition coefficient (Wildman–Crippen LogP) is 1.84. The number of carbonyl (C=O) groups excluding carboxylic acids is 1. The van der Waals surface area contributed by atoms with Crippen LogP contribution in [-0.4, -0.2) is 72.2 Å². The number of rotatable bonds is 6. The van der Waals surface area contributed by atoms with Gasteiger partial charge in [-0.25, -0.2) is 9.97 Å². The van der Waals surface area contributed by atoms with E-state index in [9.17, 15) is 4.79 Å². The molecule has 1 aliphatic heterocycles. The molecule has 1 aromatic carbocycles. The van der Waals surface area contributed by atoms with Crippen molar-refractivity contribution < 1.29 is 9.53 Å². The number of pyridine rings is 1. The minimum atomic E-state index is 0. The van der Waals surface area contributed by atoms with Crippen LogP contribution in [0.1, 0.15) is 5.56 Å². The molecule has 164 valence electrons. The van der Waals surface area contributed by atoms with E-state index in [0.29, 0.717) is 25.4 Å². The number of likely N-dealkylation sites (N-methyl/N-ethyl adjacent to an activating group) is 1. The number of anilines is 1. The van der Waals surface area contributed by atoms with Crippen LogP contribution in [0.5, 0.6) is 0 Å². The Bertz CT molecular complexity index is 1020. The highest BCUT2D eigenvalue weighted by atomic mass is 32.1. The Balaban J connectivity index is 0.00000272. The van der Waals surface area contributed by atoms with Gasteiger partial charge in [-0.3, -0.25) is 9.78 Å². The molecule has 0 unspecified atom stereocenters. The summed E-state index contributed by atoms with van der Waals surface area (Å²) >= 11 is 0. The molecule has 1 aliphatic rings.